The molecular weight excluding hydrogens is 306 g/mol. The summed E-state index contributed by atoms with van der Waals surface area (Å²) in [5.41, 5.74) is 1.31. The van der Waals surface area contributed by atoms with Crippen molar-refractivity contribution in [2.75, 3.05) is 0 Å². The first-order chi connectivity index (χ1) is 7.78. The van der Waals surface area contributed by atoms with Gasteiger partial charge in [-0.3, -0.25) is 10.9 Å². The van der Waals surface area contributed by atoms with Gasteiger partial charge in [-0.25, -0.2) is 0 Å². The number of allylic oxidation sites excluding steroid dienone is 1. The van der Waals surface area contributed by atoms with Crippen molar-refractivity contribution >= 4 is 14.3 Å². The van der Waals surface area contributed by atoms with Crippen molar-refractivity contribution in [1.82, 2.24) is 0 Å². The molecule has 4 heteroatoms. The third-order valence-corrected chi connectivity index (χ3v) is 9.51. The molecule has 0 heterocycles. The molecule has 0 aliphatic heterocycles. The summed E-state index contributed by atoms with van der Waals surface area (Å²) in [5.74, 6) is -0.0885. The van der Waals surface area contributed by atoms with Crippen LogP contribution in [0, 0.1) is 14.0 Å². The van der Waals surface area contributed by atoms with Crippen LogP contribution in [-0.4, -0.2) is 14.3 Å². The van der Waals surface area contributed by atoms with Crippen molar-refractivity contribution < 1.29 is 28.7 Å². The zero-order valence-electron chi connectivity index (χ0n) is 13.8. The van der Waals surface area contributed by atoms with E-state index in [9.17, 15) is 4.79 Å². The maximum Gasteiger partial charge on any atom is 2.00 e. The van der Waals surface area contributed by atoms with Gasteiger partial charge < -0.3 is 18.4 Å². The first-order valence-corrected chi connectivity index (χ1v) is 8.68. The molecule has 0 aliphatic rings. The Hall–Kier alpha value is 0.0503. The van der Waals surface area contributed by atoms with Crippen LogP contribution in [0.15, 0.2) is 6.08 Å². The van der Waals surface area contributed by atoms with Gasteiger partial charge in [0.05, 0.1) is 0 Å². The molecule has 0 aromatic carbocycles. The Morgan fingerprint density at radius 1 is 1.11 bits per heavy atom. The second-order valence-electron chi connectivity index (χ2n) is 5.57. The largest absolute Gasteiger partial charge is 2.00 e. The van der Waals surface area contributed by atoms with Gasteiger partial charge >= 0.3 is 19.5 Å². The summed E-state index contributed by atoms with van der Waals surface area (Å²) < 4.78 is 5.95. The number of carbonyl (C=O) groups excluding carboxylic acids is 1. The van der Waals surface area contributed by atoms with Gasteiger partial charge in [0.1, 0.15) is 0 Å². The number of hydrogen-bond donors (Lipinski definition) is 0. The molecule has 108 valence electrons. The van der Waals surface area contributed by atoms with E-state index in [-0.39, 0.29) is 32.9 Å². The SMILES string of the molecule is [CH-]=CCCC(=O)O[Si](C(C)C)(C(C)C)C(C)C.[CH3-].[Zn+2]. The van der Waals surface area contributed by atoms with Crippen molar-refractivity contribution in [3.05, 3.63) is 20.1 Å². The van der Waals surface area contributed by atoms with E-state index in [4.69, 9.17) is 11.0 Å². The predicted molar refractivity (Wildman–Crippen MR) is 81.7 cm³/mol. The van der Waals surface area contributed by atoms with E-state index in [0.29, 0.717) is 29.5 Å². The normalized spacial score (nSPS) is 11.0. The molecule has 0 N–H and O–H groups in total. The quantitative estimate of drug-likeness (QED) is 0.487. The second-order valence-corrected chi connectivity index (χ2v) is 10.9. The van der Waals surface area contributed by atoms with E-state index in [1.54, 1.807) is 0 Å². The Balaban J connectivity index is -0.00000128. The van der Waals surface area contributed by atoms with Crippen LogP contribution in [0.2, 0.25) is 16.6 Å². The van der Waals surface area contributed by atoms with Crippen LogP contribution in [0.3, 0.4) is 0 Å². The Morgan fingerprint density at radius 2 is 1.47 bits per heavy atom. The van der Waals surface area contributed by atoms with E-state index in [1.165, 1.54) is 6.08 Å². The van der Waals surface area contributed by atoms with Gasteiger partial charge in [-0.1, -0.05) is 48.0 Å². The molecular formula is C15H30O2SiZn. The number of rotatable bonds is 7. The molecule has 0 aromatic heterocycles. The average molecular weight is 336 g/mol. The zero-order valence-corrected chi connectivity index (χ0v) is 17.8. The second kappa shape index (κ2) is 10.8. The summed E-state index contributed by atoms with van der Waals surface area (Å²) in [4.78, 5) is 11.9. The molecule has 19 heavy (non-hydrogen) atoms. The molecule has 0 aromatic rings. The average Bonchev–Trinajstić information content (AvgIpc) is 2.21. The minimum Gasteiger partial charge on any atom is -0.518 e. The van der Waals surface area contributed by atoms with Crippen LogP contribution >= 0.6 is 0 Å². The molecule has 0 unspecified atom stereocenters. The van der Waals surface area contributed by atoms with E-state index < -0.39 is 8.32 Å². The van der Waals surface area contributed by atoms with Crippen molar-refractivity contribution in [3.8, 4) is 0 Å². The van der Waals surface area contributed by atoms with Gasteiger partial charge in [-0.15, -0.1) is 0 Å². The van der Waals surface area contributed by atoms with E-state index in [0.717, 1.165) is 0 Å². The summed E-state index contributed by atoms with van der Waals surface area (Å²) >= 11 is 0. The van der Waals surface area contributed by atoms with Crippen LogP contribution in [-0.2, 0) is 28.7 Å². The van der Waals surface area contributed by atoms with Crippen LogP contribution in [0.1, 0.15) is 54.4 Å². The number of hydrogen-bond acceptors (Lipinski definition) is 2. The Labute approximate surface area is 134 Å². The molecule has 0 saturated heterocycles. The van der Waals surface area contributed by atoms with Gasteiger partial charge in [0.15, 0.2) is 0 Å². The fourth-order valence-electron chi connectivity index (χ4n) is 2.80. The standard InChI is InChI=1S/C14H27O2Si.CH3.Zn/c1-8-9-10-14(15)16-17(11(2)3,12(4)5)13(6)7;;/h1,8,11-13H,9-10H2,2-7H3;1H3;/q2*-1;+2. The maximum atomic E-state index is 11.9. The molecule has 0 fully saturated rings. The molecule has 2 nitrogen and oxygen atoms in total. The molecule has 0 bridgehead atoms. The molecule has 0 aliphatic carbocycles. The van der Waals surface area contributed by atoms with Crippen LogP contribution in [0.25, 0.3) is 0 Å². The molecule has 0 saturated carbocycles. The van der Waals surface area contributed by atoms with Gasteiger partial charge in [-0.2, -0.15) is 0 Å². The third kappa shape index (κ3) is 6.35. The van der Waals surface area contributed by atoms with E-state index in [2.05, 4.69) is 41.5 Å². The molecule has 0 amide bonds. The van der Waals surface area contributed by atoms with Crippen molar-refractivity contribution in [1.29, 1.82) is 0 Å². The van der Waals surface area contributed by atoms with E-state index in [1.807, 2.05) is 0 Å². The zero-order chi connectivity index (χ0) is 13.6. The molecule has 0 radical (unpaired) electrons. The summed E-state index contributed by atoms with van der Waals surface area (Å²) in [6.07, 6.45) is 2.51. The fourth-order valence-corrected chi connectivity index (χ4v) is 8.01. The number of carbonyl (C=O) groups is 1. The summed E-state index contributed by atoms with van der Waals surface area (Å²) in [7, 11) is -2.04. The first-order valence-electron chi connectivity index (χ1n) is 6.54. The van der Waals surface area contributed by atoms with Crippen molar-refractivity contribution in [2.24, 2.45) is 0 Å². The van der Waals surface area contributed by atoms with Crippen molar-refractivity contribution in [2.45, 2.75) is 71.0 Å². The van der Waals surface area contributed by atoms with Crippen molar-refractivity contribution in [3.63, 3.8) is 0 Å². The van der Waals surface area contributed by atoms with Gasteiger partial charge in [0.25, 0.3) is 14.3 Å². The fraction of sp³-hybridized carbons (Fsp3) is 0.733. The summed E-state index contributed by atoms with van der Waals surface area (Å²) in [6.45, 7) is 18.3. The molecule has 0 atom stereocenters. The minimum atomic E-state index is -2.04. The van der Waals surface area contributed by atoms with E-state index >= 15 is 0 Å². The van der Waals surface area contributed by atoms with Gasteiger partial charge in [-0.05, 0) is 16.6 Å². The molecule has 0 spiro atoms. The van der Waals surface area contributed by atoms with Gasteiger partial charge in [0, 0.05) is 6.42 Å². The monoisotopic (exact) mass is 334 g/mol. The maximum absolute atomic E-state index is 11.9. The van der Waals surface area contributed by atoms with Crippen LogP contribution in [0.4, 0.5) is 0 Å². The predicted octanol–water partition coefficient (Wildman–Crippen LogP) is 4.92. The summed E-state index contributed by atoms with van der Waals surface area (Å²) in [6, 6.07) is 0. The van der Waals surface area contributed by atoms with Crippen LogP contribution in [0.5, 0.6) is 0 Å². The van der Waals surface area contributed by atoms with Crippen LogP contribution < -0.4 is 0 Å². The van der Waals surface area contributed by atoms with Gasteiger partial charge in [0.2, 0.25) is 0 Å². The smallest absolute Gasteiger partial charge is 0.518 e. The Kier molecular flexibility index (Phi) is 13.7. The summed E-state index contributed by atoms with van der Waals surface area (Å²) in [5, 5.41) is 0. The third-order valence-electron chi connectivity index (χ3n) is 3.51. The molecule has 0 rings (SSSR count). The topological polar surface area (TPSA) is 26.3 Å². The minimum absolute atomic E-state index is 0. The Morgan fingerprint density at radius 3 is 1.74 bits per heavy atom. The first kappa shape index (κ1) is 24.1. The Bertz CT molecular complexity index is 241.